The maximum absolute atomic E-state index is 10.7. The zero-order valence-electron chi connectivity index (χ0n) is 8.30. The number of rotatable bonds is 4. The standard InChI is InChI=1S/C9H11IN2O4/c10-9(12(15)16)3-1-6(2-4-9)5-7(11)8(13)14/h1-3,7H,4-5,11H2,(H,13,14)/t7-,9?/m0/s1. The molecule has 0 radical (unpaired) electrons. The Morgan fingerprint density at radius 1 is 1.81 bits per heavy atom. The third-order valence-electron chi connectivity index (χ3n) is 2.28. The van der Waals surface area contributed by atoms with E-state index >= 15 is 0 Å². The van der Waals surface area contributed by atoms with E-state index in [1.165, 1.54) is 6.08 Å². The lowest BCUT2D eigenvalue weighted by atomic mass is 9.98. The fourth-order valence-corrected chi connectivity index (χ4v) is 1.67. The molecule has 0 fully saturated rings. The van der Waals surface area contributed by atoms with E-state index in [0.29, 0.717) is 0 Å². The van der Waals surface area contributed by atoms with Crippen LogP contribution in [0.3, 0.4) is 0 Å². The van der Waals surface area contributed by atoms with Gasteiger partial charge >= 0.3 is 5.97 Å². The average Bonchev–Trinajstić information content (AvgIpc) is 2.21. The average molecular weight is 338 g/mol. The SMILES string of the molecule is N[C@@H](CC1=CCC(I)([N+](=O)[O-])C=C1)C(=O)O. The van der Waals surface area contributed by atoms with Crippen LogP contribution >= 0.6 is 22.6 Å². The maximum atomic E-state index is 10.7. The van der Waals surface area contributed by atoms with Gasteiger partial charge in [0, 0.05) is 33.6 Å². The molecular weight excluding hydrogens is 327 g/mol. The van der Waals surface area contributed by atoms with Gasteiger partial charge < -0.3 is 10.8 Å². The molecule has 0 saturated carbocycles. The van der Waals surface area contributed by atoms with Gasteiger partial charge in [-0.3, -0.25) is 14.9 Å². The van der Waals surface area contributed by atoms with Crippen LogP contribution in [-0.4, -0.2) is 25.6 Å². The van der Waals surface area contributed by atoms with Crippen molar-refractivity contribution < 1.29 is 14.8 Å². The molecule has 1 aliphatic carbocycles. The number of allylic oxidation sites excluding steroid dienone is 1. The molecule has 16 heavy (non-hydrogen) atoms. The number of carbonyl (C=O) groups is 1. The molecule has 7 heteroatoms. The lowest BCUT2D eigenvalue weighted by Gasteiger charge is -2.18. The zero-order valence-corrected chi connectivity index (χ0v) is 10.5. The van der Waals surface area contributed by atoms with Crippen LogP contribution in [0.15, 0.2) is 23.8 Å². The molecule has 6 nitrogen and oxygen atoms in total. The molecule has 0 spiro atoms. The molecule has 0 amide bonds. The summed E-state index contributed by atoms with van der Waals surface area (Å²) in [6.07, 6.45) is 5.14. The minimum Gasteiger partial charge on any atom is -0.480 e. The second kappa shape index (κ2) is 4.91. The van der Waals surface area contributed by atoms with Crippen molar-refractivity contribution in [3.63, 3.8) is 0 Å². The number of halogens is 1. The zero-order chi connectivity index (χ0) is 12.3. The van der Waals surface area contributed by atoms with Crippen LogP contribution in [0.2, 0.25) is 0 Å². The van der Waals surface area contributed by atoms with Crippen molar-refractivity contribution in [2.45, 2.75) is 22.4 Å². The number of nitrogens with two attached hydrogens (primary N) is 1. The molecular formula is C9H11IN2O4. The van der Waals surface area contributed by atoms with E-state index in [1.807, 2.05) is 0 Å². The van der Waals surface area contributed by atoms with Crippen molar-refractivity contribution in [3.8, 4) is 0 Å². The molecule has 1 rings (SSSR count). The number of nitro groups is 1. The van der Waals surface area contributed by atoms with E-state index in [4.69, 9.17) is 10.8 Å². The smallest absolute Gasteiger partial charge is 0.320 e. The van der Waals surface area contributed by atoms with Crippen LogP contribution in [0.4, 0.5) is 0 Å². The number of nitrogens with zero attached hydrogens (tertiary/aromatic N) is 1. The molecule has 0 aromatic heterocycles. The Balaban J connectivity index is 2.65. The van der Waals surface area contributed by atoms with Crippen LogP contribution in [0.1, 0.15) is 12.8 Å². The van der Waals surface area contributed by atoms with E-state index in [0.717, 1.165) is 5.57 Å². The normalized spacial score (nSPS) is 26.0. The highest BCUT2D eigenvalue weighted by Crippen LogP contribution is 2.31. The van der Waals surface area contributed by atoms with Crippen molar-refractivity contribution in [1.29, 1.82) is 0 Å². The Hall–Kier alpha value is -0.960. The Kier molecular flexibility index (Phi) is 4.03. The largest absolute Gasteiger partial charge is 0.480 e. The molecule has 0 aliphatic heterocycles. The van der Waals surface area contributed by atoms with E-state index in [9.17, 15) is 14.9 Å². The van der Waals surface area contributed by atoms with Gasteiger partial charge in [0.1, 0.15) is 6.04 Å². The highest BCUT2D eigenvalue weighted by atomic mass is 127. The second-order valence-electron chi connectivity index (χ2n) is 3.54. The number of hydrogen-bond acceptors (Lipinski definition) is 4. The summed E-state index contributed by atoms with van der Waals surface area (Å²) in [4.78, 5) is 20.9. The third kappa shape index (κ3) is 3.01. The first-order valence-corrected chi connectivity index (χ1v) is 5.63. The van der Waals surface area contributed by atoms with Gasteiger partial charge in [-0.1, -0.05) is 12.2 Å². The fourth-order valence-electron chi connectivity index (χ4n) is 1.27. The van der Waals surface area contributed by atoms with Crippen molar-refractivity contribution >= 4 is 28.6 Å². The lowest BCUT2D eigenvalue weighted by Crippen LogP contribution is -2.32. The van der Waals surface area contributed by atoms with Crippen LogP contribution in [0, 0.1) is 10.1 Å². The molecule has 0 aromatic carbocycles. The number of hydrogen-bond donors (Lipinski definition) is 2. The van der Waals surface area contributed by atoms with Gasteiger partial charge in [0.25, 0.3) is 3.55 Å². The summed E-state index contributed by atoms with van der Waals surface area (Å²) in [6.45, 7) is 0. The minimum absolute atomic E-state index is 0.191. The van der Waals surface area contributed by atoms with Crippen LogP contribution in [0.5, 0.6) is 0 Å². The number of alkyl halides is 1. The molecule has 0 heterocycles. The summed E-state index contributed by atoms with van der Waals surface area (Å²) in [5, 5.41) is 19.3. The molecule has 2 atom stereocenters. The summed E-state index contributed by atoms with van der Waals surface area (Å²) in [5.74, 6) is -1.07. The number of aliphatic carboxylic acids is 1. The topological polar surface area (TPSA) is 106 Å². The molecule has 0 saturated heterocycles. The van der Waals surface area contributed by atoms with Gasteiger partial charge in [-0.25, -0.2) is 0 Å². The lowest BCUT2D eigenvalue weighted by molar-refractivity contribution is -0.516. The first-order chi connectivity index (χ1) is 7.35. The van der Waals surface area contributed by atoms with Gasteiger partial charge in [-0.15, -0.1) is 0 Å². The quantitative estimate of drug-likeness (QED) is 0.262. The Labute approximate surface area is 105 Å². The summed E-state index contributed by atoms with van der Waals surface area (Å²) in [5.41, 5.74) is 6.09. The summed E-state index contributed by atoms with van der Waals surface area (Å²) in [6, 6.07) is -0.965. The van der Waals surface area contributed by atoms with Gasteiger partial charge in [0.2, 0.25) is 0 Å². The van der Waals surface area contributed by atoms with E-state index in [2.05, 4.69) is 0 Å². The van der Waals surface area contributed by atoms with E-state index in [-0.39, 0.29) is 17.8 Å². The summed E-state index contributed by atoms with van der Waals surface area (Å²) < 4.78 is -1.12. The van der Waals surface area contributed by atoms with Crippen LogP contribution < -0.4 is 5.73 Å². The van der Waals surface area contributed by atoms with E-state index < -0.39 is 15.6 Å². The van der Waals surface area contributed by atoms with Crippen molar-refractivity contribution in [2.75, 3.05) is 0 Å². The van der Waals surface area contributed by atoms with Crippen molar-refractivity contribution in [2.24, 2.45) is 5.73 Å². The molecule has 1 unspecified atom stereocenters. The molecule has 3 N–H and O–H groups in total. The third-order valence-corrected chi connectivity index (χ3v) is 3.47. The highest BCUT2D eigenvalue weighted by molar-refractivity contribution is 14.1. The maximum Gasteiger partial charge on any atom is 0.320 e. The number of carboxylic acid groups (broad SMARTS) is 1. The molecule has 88 valence electrons. The first kappa shape index (κ1) is 13.1. The predicted molar refractivity (Wildman–Crippen MR) is 65.8 cm³/mol. The first-order valence-electron chi connectivity index (χ1n) is 4.55. The summed E-state index contributed by atoms with van der Waals surface area (Å²) >= 11 is 1.76. The molecule has 0 bridgehead atoms. The number of carboxylic acids is 1. The Bertz CT molecular complexity index is 380. The Morgan fingerprint density at radius 3 is 2.81 bits per heavy atom. The fraction of sp³-hybridized carbons (Fsp3) is 0.444. The highest BCUT2D eigenvalue weighted by Gasteiger charge is 2.37. The van der Waals surface area contributed by atoms with Crippen LogP contribution in [0.25, 0.3) is 0 Å². The van der Waals surface area contributed by atoms with Gasteiger partial charge in [-0.05, 0) is 12.0 Å². The van der Waals surface area contributed by atoms with Crippen molar-refractivity contribution in [3.05, 3.63) is 33.9 Å². The Morgan fingerprint density at radius 2 is 2.44 bits per heavy atom. The van der Waals surface area contributed by atoms with Crippen LogP contribution in [-0.2, 0) is 4.79 Å². The van der Waals surface area contributed by atoms with Gasteiger partial charge in [-0.2, -0.15) is 0 Å². The summed E-state index contributed by atoms with van der Waals surface area (Å²) in [7, 11) is 0. The monoisotopic (exact) mass is 338 g/mol. The predicted octanol–water partition coefficient (Wildman–Crippen LogP) is 1.08. The van der Waals surface area contributed by atoms with Crippen molar-refractivity contribution in [1.82, 2.24) is 0 Å². The van der Waals surface area contributed by atoms with Gasteiger partial charge in [0.15, 0.2) is 0 Å². The molecule has 0 aromatic rings. The van der Waals surface area contributed by atoms with Gasteiger partial charge in [0.05, 0.1) is 6.42 Å². The minimum atomic E-state index is -1.12. The second-order valence-corrected chi connectivity index (χ2v) is 5.41. The molecule has 1 aliphatic rings. The van der Waals surface area contributed by atoms with E-state index in [1.54, 1.807) is 34.7 Å².